The highest BCUT2D eigenvalue weighted by Gasteiger charge is 2.32. The van der Waals surface area contributed by atoms with E-state index in [1.165, 1.54) is 0 Å². The molecule has 0 spiro atoms. The van der Waals surface area contributed by atoms with Crippen molar-refractivity contribution in [3.63, 3.8) is 0 Å². The minimum absolute atomic E-state index is 0.00442. The van der Waals surface area contributed by atoms with E-state index in [4.69, 9.17) is 4.74 Å². The Balaban J connectivity index is 1.97. The van der Waals surface area contributed by atoms with E-state index in [9.17, 15) is 10.2 Å². The van der Waals surface area contributed by atoms with Crippen LogP contribution in [0.1, 0.15) is 30.5 Å². The van der Waals surface area contributed by atoms with Gasteiger partial charge in [-0.1, -0.05) is 12.1 Å². The Kier molecular flexibility index (Phi) is 3.90. The van der Waals surface area contributed by atoms with Crippen LogP contribution in [0.15, 0.2) is 18.2 Å². The Morgan fingerprint density at radius 3 is 2.89 bits per heavy atom. The molecule has 1 aromatic rings. The van der Waals surface area contributed by atoms with Crippen molar-refractivity contribution in [1.29, 1.82) is 0 Å². The number of nitrogens with one attached hydrogen (secondary N) is 1. The summed E-state index contributed by atoms with van der Waals surface area (Å²) >= 11 is 0. The van der Waals surface area contributed by atoms with Gasteiger partial charge in [0.05, 0.1) is 6.61 Å². The molecule has 1 heterocycles. The number of ether oxygens (including phenoxy) is 1. The fourth-order valence-corrected chi connectivity index (χ4v) is 2.21. The van der Waals surface area contributed by atoms with Crippen LogP contribution >= 0.6 is 0 Å². The molecule has 2 rings (SSSR count). The van der Waals surface area contributed by atoms with Crippen molar-refractivity contribution in [2.45, 2.75) is 31.9 Å². The van der Waals surface area contributed by atoms with Crippen LogP contribution in [0.25, 0.3) is 0 Å². The lowest BCUT2D eigenvalue weighted by Gasteiger charge is -2.24. The molecule has 3 N–H and O–H groups in total. The summed E-state index contributed by atoms with van der Waals surface area (Å²) in [6.07, 6.45) is 0.659. The monoisotopic (exact) mass is 251 g/mol. The standard InChI is InChI=1S/C14H21NO3/c1-10-3-4-12(13(16)7-10)11(2)15-8-14(17)5-6-18-9-14/h3-4,7,11,15-17H,5-6,8-9H2,1-2H3. The normalized spacial score (nSPS) is 25.3. The van der Waals surface area contributed by atoms with E-state index in [-0.39, 0.29) is 6.04 Å². The molecule has 2 atom stereocenters. The van der Waals surface area contributed by atoms with Crippen LogP contribution < -0.4 is 5.32 Å². The van der Waals surface area contributed by atoms with Gasteiger partial charge >= 0.3 is 0 Å². The predicted octanol–water partition coefficient (Wildman–Crippen LogP) is 1.50. The number of hydrogen-bond acceptors (Lipinski definition) is 4. The van der Waals surface area contributed by atoms with Crippen molar-refractivity contribution in [2.24, 2.45) is 0 Å². The van der Waals surface area contributed by atoms with E-state index in [0.29, 0.717) is 31.9 Å². The van der Waals surface area contributed by atoms with Crippen LogP contribution in [0.3, 0.4) is 0 Å². The Labute approximate surface area is 108 Å². The van der Waals surface area contributed by atoms with Gasteiger partial charge in [0.15, 0.2) is 0 Å². The molecule has 0 bridgehead atoms. The second kappa shape index (κ2) is 5.26. The molecular formula is C14H21NO3. The Morgan fingerprint density at radius 1 is 1.50 bits per heavy atom. The Morgan fingerprint density at radius 2 is 2.28 bits per heavy atom. The molecule has 0 radical (unpaired) electrons. The minimum Gasteiger partial charge on any atom is -0.508 e. The van der Waals surface area contributed by atoms with Gasteiger partial charge in [-0.15, -0.1) is 0 Å². The van der Waals surface area contributed by atoms with Gasteiger partial charge in [0.25, 0.3) is 0 Å². The molecule has 1 aliphatic heterocycles. The van der Waals surface area contributed by atoms with E-state index in [1.807, 2.05) is 26.0 Å². The molecule has 4 heteroatoms. The first-order chi connectivity index (χ1) is 8.50. The molecular weight excluding hydrogens is 230 g/mol. The maximum Gasteiger partial charge on any atom is 0.120 e. The van der Waals surface area contributed by atoms with E-state index < -0.39 is 5.60 Å². The van der Waals surface area contributed by atoms with E-state index in [1.54, 1.807) is 6.07 Å². The van der Waals surface area contributed by atoms with Crippen LogP contribution in [0, 0.1) is 6.92 Å². The lowest BCUT2D eigenvalue weighted by atomic mass is 10.0. The number of rotatable bonds is 4. The number of benzene rings is 1. The first kappa shape index (κ1) is 13.3. The van der Waals surface area contributed by atoms with Crippen molar-refractivity contribution >= 4 is 0 Å². The van der Waals surface area contributed by atoms with Gasteiger partial charge < -0.3 is 20.3 Å². The summed E-state index contributed by atoms with van der Waals surface area (Å²) in [4.78, 5) is 0. The fraction of sp³-hybridized carbons (Fsp3) is 0.571. The van der Waals surface area contributed by atoms with Crippen LogP contribution in [0.2, 0.25) is 0 Å². The SMILES string of the molecule is Cc1ccc(C(C)NCC2(O)CCOC2)c(O)c1. The topological polar surface area (TPSA) is 61.7 Å². The molecule has 0 saturated carbocycles. The zero-order chi connectivity index (χ0) is 13.2. The average Bonchev–Trinajstić information content (AvgIpc) is 2.74. The molecule has 100 valence electrons. The summed E-state index contributed by atoms with van der Waals surface area (Å²) in [7, 11) is 0. The smallest absolute Gasteiger partial charge is 0.120 e. The number of phenolic OH excluding ortho intramolecular Hbond substituents is 1. The maximum atomic E-state index is 10.2. The van der Waals surface area contributed by atoms with Crippen molar-refractivity contribution < 1.29 is 14.9 Å². The summed E-state index contributed by atoms with van der Waals surface area (Å²) < 4.78 is 5.20. The van der Waals surface area contributed by atoms with E-state index in [0.717, 1.165) is 11.1 Å². The maximum absolute atomic E-state index is 10.2. The number of aromatic hydroxyl groups is 1. The Hall–Kier alpha value is -1.10. The predicted molar refractivity (Wildman–Crippen MR) is 69.6 cm³/mol. The van der Waals surface area contributed by atoms with Crippen LogP contribution in [-0.4, -0.2) is 35.6 Å². The highest BCUT2D eigenvalue weighted by molar-refractivity contribution is 5.37. The number of hydrogen-bond donors (Lipinski definition) is 3. The van der Waals surface area contributed by atoms with Crippen LogP contribution in [0.5, 0.6) is 5.75 Å². The first-order valence-electron chi connectivity index (χ1n) is 6.33. The molecule has 1 fully saturated rings. The van der Waals surface area contributed by atoms with Crippen LogP contribution in [-0.2, 0) is 4.74 Å². The minimum atomic E-state index is -0.769. The third kappa shape index (κ3) is 3.02. The fourth-order valence-electron chi connectivity index (χ4n) is 2.21. The van der Waals surface area contributed by atoms with Gasteiger partial charge in [-0.3, -0.25) is 0 Å². The van der Waals surface area contributed by atoms with Crippen molar-refractivity contribution in [3.05, 3.63) is 29.3 Å². The summed E-state index contributed by atoms with van der Waals surface area (Å²) in [6.45, 7) is 5.39. The van der Waals surface area contributed by atoms with Gasteiger partial charge in [0.2, 0.25) is 0 Å². The van der Waals surface area contributed by atoms with Crippen LogP contribution in [0.4, 0.5) is 0 Å². The lowest BCUT2D eigenvalue weighted by molar-refractivity contribution is 0.0251. The molecule has 0 aromatic heterocycles. The molecule has 0 aliphatic carbocycles. The lowest BCUT2D eigenvalue weighted by Crippen LogP contribution is -2.41. The largest absolute Gasteiger partial charge is 0.508 e. The van der Waals surface area contributed by atoms with Crippen molar-refractivity contribution in [1.82, 2.24) is 5.32 Å². The summed E-state index contributed by atoms with van der Waals surface area (Å²) in [5, 5.41) is 23.3. The molecule has 1 aromatic carbocycles. The molecule has 1 aliphatic rings. The van der Waals surface area contributed by atoms with Gasteiger partial charge in [-0.25, -0.2) is 0 Å². The third-order valence-electron chi connectivity index (χ3n) is 3.47. The molecule has 0 amide bonds. The summed E-state index contributed by atoms with van der Waals surface area (Å²) in [6, 6.07) is 5.63. The first-order valence-corrected chi connectivity index (χ1v) is 6.33. The highest BCUT2D eigenvalue weighted by atomic mass is 16.5. The number of aryl methyl sites for hydroxylation is 1. The second-order valence-electron chi connectivity index (χ2n) is 5.19. The summed E-state index contributed by atoms with van der Waals surface area (Å²) in [5.41, 5.74) is 1.11. The second-order valence-corrected chi connectivity index (χ2v) is 5.19. The van der Waals surface area contributed by atoms with Crippen molar-refractivity contribution in [3.8, 4) is 5.75 Å². The van der Waals surface area contributed by atoms with E-state index in [2.05, 4.69) is 5.32 Å². The van der Waals surface area contributed by atoms with Gasteiger partial charge in [0, 0.05) is 31.2 Å². The number of aliphatic hydroxyl groups is 1. The summed E-state index contributed by atoms with van der Waals surface area (Å²) in [5.74, 6) is 0.296. The molecule has 1 saturated heterocycles. The Bertz CT molecular complexity index is 414. The zero-order valence-electron chi connectivity index (χ0n) is 10.9. The van der Waals surface area contributed by atoms with Gasteiger partial charge in [-0.05, 0) is 25.5 Å². The average molecular weight is 251 g/mol. The quantitative estimate of drug-likeness (QED) is 0.759. The molecule has 4 nitrogen and oxygen atoms in total. The molecule has 2 unspecified atom stereocenters. The zero-order valence-corrected chi connectivity index (χ0v) is 10.9. The van der Waals surface area contributed by atoms with Gasteiger partial charge in [-0.2, -0.15) is 0 Å². The highest BCUT2D eigenvalue weighted by Crippen LogP contribution is 2.26. The van der Waals surface area contributed by atoms with Gasteiger partial charge in [0.1, 0.15) is 11.4 Å². The van der Waals surface area contributed by atoms with Crippen molar-refractivity contribution in [2.75, 3.05) is 19.8 Å². The third-order valence-corrected chi connectivity index (χ3v) is 3.47. The molecule has 18 heavy (non-hydrogen) atoms. The number of phenols is 1. The van der Waals surface area contributed by atoms with E-state index >= 15 is 0 Å².